The number of benzene rings is 2. The predicted molar refractivity (Wildman–Crippen MR) is 125 cm³/mol. The molecule has 4 rings (SSSR count). The molecule has 1 aliphatic heterocycles. The molecule has 1 aromatic heterocycles. The Kier molecular flexibility index (Phi) is 6.18. The van der Waals surface area contributed by atoms with Crippen LogP contribution in [0.2, 0.25) is 0 Å². The van der Waals surface area contributed by atoms with Crippen LogP contribution < -0.4 is 5.32 Å². The molecule has 2 amide bonds. The summed E-state index contributed by atoms with van der Waals surface area (Å²) in [4.78, 5) is 32.4. The first-order valence-corrected chi connectivity index (χ1v) is 11.5. The largest absolute Gasteiger partial charge is 0.326 e. The monoisotopic (exact) mass is 433 g/mol. The topological polar surface area (TPSA) is 62.3 Å². The predicted octanol–water partition coefficient (Wildman–Crippen LogP) is 5.06. The van der Waals surface area contributed by atoms with Gasteiger partial charge < -0.3 is 10.2 Å². The summed E-state index contributed by atoms with van der Waals surface area (Å²) in [7, 11) is 0. The molecule has 6 heteroatoms. The van der Waals surface area contributed by atoms with Crippen molar-refractivity contribution in [2.24, 2.45) is 5.92 Å². The van der Waals surface area contributed by atoms with Crippen LogP contribution in [0.25, 0.3) is 11.3 Å². The van der Waals surface area contributed by atoms with Crippen LogP contribution in [0.3, 0.4) is 0 Å². The SMILES string of the molecule is Cc1nc(-c2ccc(NC(=O)C3Cc4ccccc4CN3C(=O)CC(C)C)cc2)cs1. The van der Waals surface area contributed by atoms with Gasteiger partial charge in [0.2, 0.25) is 11.8 Å². The molecule has 1 unspecified atom stereocenters. The molecule has 2 heterocycles. The number of carbonyl (C=O) groups is 2. The standard InChI is InChI=1S/C25H27N3O2S/c1-16(2)12-24(29)28-14-20-7-5-4-6-19(20)13-23(28)25(30)27-21-10-8-18(9-11-21)22-15-31-17(3)26-22/h4-11,15-16,23H,12-14H2,1-3H3,(H,27,30). The summed E-state index contributed by atoms with van der Waals surface area (Å²) in [6.07, 6.45) is 0.968. The molecule has 0 aliphatic carbocycles. The lowest BCUT2D eigenvalue weighted by Gasteiger charge is -2.36. The molecule has 3 aromatic rings. The first-order valence-electron chi connectivity index (χ1n) is 10.6. The van der Waals surface area contributed by atoms with Gasteiger partial charge >= 0.3 is 0 Å². The second kappa shape index (κ2) is 9.02. The summed E-state index contributed by atoms with van der Waals surface area (Å²) in [5.41, 5.74) is 4.92. The van der Waals surface area contributed by atoms with Crippen molar-refractivity contribution in [3.8, 4) is 11.3 Å². The number of nitrogens with zero attached hydrogens (tertiary/aromatic N) is 2. The second-order valence-corrected chi connectivity index (χ2v) is 9.49. The smallest absolute Gasteiger partial charge is 0.247 e. The molecule has 160 valence electrons. The number of hydrogen-bond donors (Lipinski definition) is 1. The quantitative estimate of drug-likeness (QED) is 0.612. The number of anilines is 1. The average Bonchev–Trinajstić information content (AvgIpc) is 3.19. The average molecular weight is 434 g/mol. The van der Waals surface area contributed by atoms with Crippen molar-refractivity contribution in [2.45, 2.75) is 46.2 Å². The van der Waals surface area contributed by atoms with E-state index in [1.807, 2.05) is 74.7 Å². The number of rotatable bonds is 5. The van der Waals surface area contributed by atoms with Crippen LogP contribution in [0.1, 0.15) is 36.4 Å². The van der Waals surface area contributed by atoms with E-state index >= 15 is 0 Å². The number of hydrogen-bond acceptors (Lipinski definition) is 4. The van der Waals surface area contributed by atoms with Crippen molar-refractivity contribution in [1.82, 2.24) is 9.88 Å². The van der Waals surface area contributed by atoms with Gasteiger partial charge in [-0.1, -0.05) is 50.2 Å². The molecule has 1 atom stereocenters. The van der Waals surface area contributed by atoms with Crippen molar-refractivity contribution in [3.63, 3.8) is 0 Å². The summed E-state index contributed by atoms with van der Waals surface area (Å²) < 4.78 is 0. The van der Waals surface area contributed by atoms with E-state index in [2.05, 4.69) is 10.3 Å². The van der Waals surface area contributed by atoms with Gasteiger partial charge in [0.15, 0.2) is 0 Å². The molecule has 1 aliphatic rings. The first-order chi connectivity index (χ1) is 14.9. The Bertz CT molecular complexity index is 1090. The Morgan fingerprint density at radius 1 is 1.13 bits per heavy atom. The fourth-order valence-corrected chi connectivity index (χ4v) is 4.55. The summed E-state index contributed by atoms with van der Waals surface area (Å²) in [6, 6.07) is 15.2. The number of nitrogens with one attached hydrogen (secondary N) is 1. The molecule has 0 saturated heterocycles. The van der Waals surface area contributed by atoms with Gasteiger partial charge in [0.25, 0.3) is 0 Å². The molecular weight excluding hydrogens is 406 g/mol. The van der Waals surface area contributed by atoms with Crippen LogP contribution in [0.15, 0.2) is 53.9 Å². The lowest BCUT2D eigenvalue weighted by molar-refractivity contribution is -0.140. The highest BCUT2D eigenvalue weighted by molar-refractivity contribution is 7.09. The van der Waals surface area contributed by atoms with Crippen molar-refractivity contribution in [1.29, 1.82) is 0 Å². The number of aromatic nitrogens is 1. The maximum absolute atomic E-state index is 13.2. The van der Waals surface area contributed by atoms with E-state index in [0.29, 0.717) is 19.4 Å². The fourth-order valence-electron chi connectivity index (χ4n) is 3.93. The van der Waals surface area contributed by atoms with Crippen LogP contribution in [0.4, 0.5) is 5.69 Å². The third-order valence-corrected chi connectivity index (χ3v) is 6.30. The summed E-state index contributed by atoms with van der Waals surface area (Å²) in [5.74, 6) is 0.123. The van der Waals surface area contributed by atoms with Crippen LogP contribution in [0, 0.1) is 12.8 Å². The second-order valence-electron chi connectivity index (χ2n) is 8.43. The van der Waals surface area contributed by atoms with E-state index in [9.17, 15) is 9.59 Å². The van der Waals surface area contributed by atoms with Gasteiger partial charge in [0, 0.05) is 36.0 Å². The third-order valence-electron chi connectivity index (χ3n) is 5.52. The molecular formula is C25H27N3O2S. The molecule has 0 bridgehead atoms. The van der Waals surface area contributed by atoms with E-state index < -0.39 is 6.04 Å². The number of thiazole rings is 1. The van der Waals surface area contributed by atoms with Crippen LogP contribution in [-0.4, -0.2) is 27.7 Å². The van der Waals surface area contributed by atoms with Gasteiger partial charge in [-0.05, 0) is 36.1 Å². The third kappa shape index (κ3) is 4.85. The minimum atomic E-state index is -0.512. The zero-order valence-corrected chi connectivity index (χ0v) is 18.9. The summed E-state index contributed by atoms with van der Waals surface area (Å²) in [6.45, 7) is 6.51. The van der Waals surface area contributed by atoms with E-state index in [1.54, 1.807) is 16.2 Å². The highest BCUT2D eigenvalue weighted by atomic mass is 32.1. The minimum absolute atomic E-state index is 0.0268. The van der Waals surface area contributed by atoms with Crippen LogP contribution in [0.5, 0.6) is 0 Å². The molecule has 0 fully saturated rings. The number of fused-ring (bicyclic) bond motifs is 1. The van der Waals surface area contributed by atoms with E-state index in [1.165, 1.54) is 0 Å². The zero-order valence-electron chi connectivity index (χ0n) is 18.1. The van der Waals surface area contributed by atoms with E-state index in [0.717, 1.165) is 33.1 Å². The van der Waals surface area contributed by atoms with Crippen molar-refractivity contribution in [2.75, 3.05) is 5.32 Å². The van der Waals surface area contributed by atoms with E-state index in [-0.39, 0.29) is 17.7 Å². The first kappa shape index (κ1) is 21.2. The Balaban J connectivity index is 1.52. The van der Waals surface area contributed by atoms with Gasteiger partial charge in [0.1, 0.15) is 6.04 Å². The Morgan fingerprint density at radius 2 is 1.84 bits per heavy atom. The molecule has 0 radical (unpaired) electrons. The molecule has 0 spiro atoms. The van der Waals surface area contributed by atoms with E-state index in [4.69, 9.17) is 0 Å². The number of carbonyl (C=O) groups excluding carboxylic acids is 2. The molecule has 31 heavy (non-hydrogen) atoms. The molecule has 1 N–H and O–H groups in total. The van der Waals surface area contributed by atoms with Gasteiger partial charge in [-0.15, -0.1) is 11.3 Å². The molecule has 0 saturated carbocycles. The lowest BCUT2D eigenvalue weighted by Crippen LogP contribution is -2.50. The van der Waals surface area contributed by atoms with Crippen molar-refractivity contribution >= 4 is 28.8 Å². The van der Waals surface area contributed by atoms with Crippen molar-refractivity contribution in [3.05, 3.63) is 70.0 Å². The number of amides is 2. The molecule has 5 nitrogen and oxygen atoms in total. The normalized spacial score (nSPS) is 15.6. The zero-order chi connectivity index (χ0) is 22.0. The van der Waals surface area contributed by atoms with Crippen molar-refractivity contribution < 1.29 is 9.59 Å². The lowest BCUT2D eigenvalue weighted by atomic mass is 9.92. The summed E-state index contributed by atoms with van der Waals surface area (Å²) >= 11 is 1.62. The highest BCUT2D eigenvalue weighted by Crippen LogP contribution is 2.27. The van der Waals surface area contributed by atoms with Crippen LogP contribution in [-0.2, 0) is 22.6 Å². The maximum atomic E-state index is 13.2. The van der Waals surface area contributed by atoms with Gasteiger partial charge in [-0.2, -0.15) is 0 Å². The maximum Gasteiger partial charge on any atom is 0.247 e. The molecule has 2 aromatic carbocycles. The Morgan fingerprint density at radius 3 is 2.48 bits per heavy atom. The summed E-state index contributed by atoms with van der Waals surface area (Å²) in [5, 5.41) is 6.07. The highest BCUT2D eigenvalue weighted by Gasteiger charge is 2.34. The van der Waals surface area contributed by atoms with Crippen LogP contribution >= 0.6 is 11.3 Å². The Labute approximate surface area is 187 Å². The van der Waals surface area contributed by atoms with Gasteiger partial charge in [-0.25, -0.2) is 4.98 Å². The number of aryl methyl sites for hydroxylation is 1. The minimum Gasteiger partial charge on any atom is -0.326 e. The van der Waals surface area contributed by atoms with Gasteiger partial charge in [-0.3, -0.25) is 9.59 Å². The van der Waals surface area contributed by atoms with Gasteiger partial charge in [0.05, 0.1) is 10.7 Å². The Hall–Kier alpha value is -2.99. The fraction of sp³-hybridized carbons (Fsp3) is 0.320.